The third-order valence-electron chi connectivity index (χ3n) is 12.2. The molecule has 0 spiro atoms. The summed E-state index contributed by atoms with van der Waals surface area (Å²) < 4.78 is 4.75. The van der Waals surface area contributed by atoms with E-state index in [9.17, 15) is 0 Å². The fourth-order valence-electron chi connectivity index (χ4n) is 8.87. The predicted molar refractivity (Wildman–Crippen MR) is 261 cm³/mol. The van der Waals surface area contributed by atoms with Crippen LogP contribution in [-0.4, -0.2) is 5.33 Å². The van der Waals surface area contributed by atoms with Crippen molar-refractivity contribution in [1.82, 2.24) is 0 Å². The molecule has 55 heavy (non-hydrogen) atoms. The molecule has 0 heterocycles. The molecular formula is C50H65Br5. The molecule has 0 amide bonds. The highest BCUT2D eigenvalue weighted by atomic mass is 79.9. The SMILES string of the molecule is Brc1ccc2c(c1)Cc1cc(Br)ccc1-2.CCCCC(CC)CBr.CCCCC(CC)CC1(CC(CC)CCCC)c2cc(Br)ccc2-c2ccc(Br)cc21. The fraction of sp³-hybridized carbons (Fsp3) is 0.520. The van der Waals surface area contributed by atoms with E-state index in [0.29, 0.717) is 0 Å². The Morgan fingerprint density at radius 2 is 0.818 bits per heavy atom. The molecule has 300 valence electrons. The molecule has 0 bridgehead atoms. The van der Waals surface area contributed by atoms with Gasteiger partial charge in [-0.3, -0.25) is 0 Å². The quantitative estimate of drug-likeness (QED) is 0.0814. The zero-order valence-corrected chi connectivity index (χ0v) is 42.3. The van der Waals surface area contributed by atoms with E-state index in [-0.39, 0.29) is 5.41 Å². The molecule has 4 aromatic rings. The van der Waals surface area contributed by atoms with E-state index in [1.807, 2.05) is 0 Å². The van der Waals surface area contributed by atoms with Crippen molar-refractivity contribution in [2.24, 2.45) is 17.8 Å². The van der Waals surface area contributed by atoms with Gasteiger partial charge < -0.3 is 0 Å². The number of fused-ring (bicyclic) bond motifs is 6. The van der Waals surface area contributed by atoms with Crippen LogP contribution in [0.2, 0.25) is 0 Å². The average Bonchev–Trinajstić information content (AvgIpc) is 3.66. The van der Waals surface area contributed by atoms with Crippen molar-refractivity contribution in [3.63, 3.8) is 0 Å². The second kappa shape index (κ2) is 23.8. The molecule has 0 nitrogen and oxygen atoms in total. The molecular weight excluding hydrogens is 1000 g/mol. The van der Waals surface area contributed by atoms with E-state index in [0.717, 1.165) is 33.1 Å². The Morgan fingerprint density at radius 3 is 1.16 bits per heavy atom. The number of benzene rings is 4. The predicted octanol–water partition coefficient (Wildman–Crippen LogP) is 19.1. The third kappa shape index (κ3) is 12.6. The van der Waals surface area contributed by atoms with Gasteiger partial charge in [-0.1, -0.05) is 216 Å². The lowest BCUT2D eigenvalue weighted by Crippen LogP contribution is -2.31. The van der Waals surface area contributed by atoms with Crippen molar-refractivity contribution >= 4 is 79.6 Å². The van der Waals surface area contributed by atoms with Crippen LogP contribution in [0.5, 0.6) is 0 Å². The second-order valence-electron chi connectivity index (χ2n) is 16.1. The normalized spacial score (nSPS) is 14.7. The van der Waals surface area contributed by atoms with Gasteiger partial charge in [-0.2, -0.15) is 0 Å². The minimum Gasteiger partial charge on any atom is -0.0925 e. The number of rotatable bonds is 17. The number of hydrogen-bond acceptors (Lipinski definition) is 0. The van der Waals surface area contributed by atoms with Crippen LogP contribution in [-0.2, 0) is 11.8 Å². The molecule has 0 fully saturated rings. The summed E-state index contributed by atoms with van der Waals surface area (Å²) in [6, 6.07) is 27.1. The molecule has 5 heteroatoms. The summed E-state index contributed by atoms with van der Waals surface area (Å²) in [7, 11) is 0. The van der Waals surface area contributed by atoms with Crippen LogP contribution >= 0.6 is 79.6 Å². The largest absolute Gasteiger partial charge is 0.0925 e. The van der Waals surface area contributed by atoms with Crippen LogP contribution < -0.4 is 0 Å². The van der Waals surface area contributed by atoms with Gasteiger partial charge in [0.15, 0.2) is 0 Å². The van der Waals surface area contributed by atoms with E-state index in [1.165, 1.54) is 138 Å². The zero-order valence-electron chi connectivity index (χ0n) is 34.4. The Bertz CT molecular complexity index is 1650. The summed E-state index contributed by atoms with van der Waals surface area (Å²) in [5, 5.41) is 1.18. The molecule has 4 aromatic carbocycles. The van der Waals surface area contributed by atoms with Gasteiger partial charge >= 0.3 is 0 Å². The van der Waals surface area contributed by atoms with Crippen molar-refractivity contribution in [3.8, 4) is 22.3 Å². The van der Waals surface area contributed by atoms with Gasteiger partial charge in [-0.25, -0.2) is 0 Å². The molecule has 0 saturated carbocycles. The van der Waals surface area contributed by atoms with E-state index >= 15 is 0 Å². The first-order chi connectivity index (χ1) is 26.6. The van der Waals surface area contributed by atoms with Crippen molar-refractivity contribution in [1.29, 1.82) is 0 Å². The highest BCUT2D eigenvalue weighted by Crippen LogP contribution is 2.57. The van der Waals surface area contributed by atoms with Crippen molar-refractivity contribution < 1.29 is 0 Å². The van der Waals surface area contributed by atoms with E-state index < -0.39 is 0 Å². The van der Waals surface area contributed by atoms with Crippen LogP contribution in [0.4, 0.5) is 0 Å². The molecule has 0 aliphatic heterocycles. The summed E-state index contributed by atoms with van der Waals surface area (Å²) in [6.45, 7) is 14.0. The Hall–Kier alpha value is -0.720. The summed E-state index contributed by atoms with van der Waals surface area (Å²) in [6.07, 6.45) is 19.6. The molecule has 2 aliphatic rings. The van der Waals surface area contributed by atoms with Gasteiger partial charge in [0.05, 0.1) is 0 Å². The maximum atomic E-state index is 3.82. The van der Waals surface area contributed by atoms with Crippen molar-refractivity contribution in [2.75, 3.05) is 5.33 Å². The van der Waals surface area contributed by atoms with E-state index in [4.69, 9.17) is 0 Å². The lowest BCUT2D eigenvalue weighted by molar-refractivity contribution is 0.266. The number of hydrogen-bond donors (Lipinski definition) is 0. The topological polar surface area (TPSA) is 0 Å². The Morgan fingerprint density at radius 1 is 0.473 bits per heavy atom. The number of halogens is 5. The van der Waals surface area contributed by atoms with Crippen LogP contribution in [0.1, 0.15) is 154 Å². The Labute approximate surface area is 377 Å². The molecule has 0 radical (unpaired) electrons. The molecule has 3 unspecified atom stereocenters. The molecule has 2 aliphatic carbocycles. The monoisotopic (exact) mass is 1060 g/mol. The molecule has 6 rings (SSSR count). The maximum Gasteiger partial charge on any atom is 0.0221 e. The molecule has 0 aromatic heterocycles. The third-order valence-corrected chi connectivity index (χ3v) is 15.1. The average molecular weight is 1070 g/mol. The lowest BCUT2D eigenvalue weighted by atomic mass is 9.65. The highest BCUT2D eigenvalue weighted by Gasteiger charge is 2.45. The lowest BCUT2D eigenvalue weighted by Gasteiger charge is -2.38. The first-order valence-corrected chi connectivity index (χ1v) is 25.6. The Kier molecular flexibility index (Phi) is 20.3. The van der Waals surface area contributed by atoms with Crippen molar-refractivity contribution in [3.05, 3.63) is 113 Å². The zero-order chi connectivity index (χ0) is 40.0. The smallest absolute Gasteiger partial charge is 0.0221 e. The summed E-state index contributed by atoms with van der Waals surface area (Å²) in [5.74, 6) is 2.48. The standard InChI is InChI=1S/C29H40Br2.C13H8Br2.C8H17Br/c1-5-9-11-21(7-3)19-29(20-22(8-4)12-10-6-2)27-17-23(30)13-15-25(27)26-16-14-24(31)18-28(26)29;14-10-1-3-12-8(6-10)5-9-7-11(15)2-4-13(9)12;1-3-5-6-8(4-2)7-9/h13-18,21-22H,5-12,19-20H2,1-4H3;1-4,6-7H,5H2;8H,3-7H2,1-2H3. The Balaban J connectivity index is 0.000000229. The minimum atomic E-state index is 0.126. The van der Waals surface area contributed by atoms with Gasteiger partial charge in [-0.05, 0) is 136 Å². The second-order valence-corrected chi connectivity index (χ2v) is 20.4. The van der Waals surface area contributed by atoms with Crippen molar-refractivity contribution in [2.45, 2.75) is 143 Å². The van der Waals surface area contributed by atoms with Gasteiger partial charge in [0, 0.05) is 28.6 Å². The van der Waals surface area contributed by atoms with Gasteiger partial charge in [0.25, 0.3) is 0 Å². The van der Waals surface area contributed by atoms with Crippen LogP contribution in [0.25, 0.3) is 22.3 Å². The van der Waals surface area contributed by atoms with Gasteiger partial charge in [0.2, 0.25) is 0 Å². The summed E-state index contributed by atoms with van der Waals surface area (Å²) in [5.41, 5.74) is 11.8. The first kappa shape index (κ1) is 47.0. The minimum absolute atomic E-state index is 0.126. The fourth-order valence-corrected chi connectivity index (χ4v) is 11.2. The highest BCUT2D eigenvalue weighted by molar-refractivity contribution is 9.11. The van der Waals surface area contributed by atoms with E-state index in [1.54, 1.807) is 11.1 Å². The van der Waals surface area contributed by atoms with Gasteiger partial charge in [0.1, 0.15) is 0 Å². The van der Waals surface area contributed by atoms with Gasteiger partial charge in [-0.15, -0.1) is 0 Å². The van der Waals surface area contributed by atoms with E-state index in [2.05, 4.69) is 194 Å². The first-order valence-electron chi connectivity index (χ1n) is 21.3. The summed E-state index contributed by atoms with van der Waals surface area (Å²) >= 11 is 18.2. The van der Waals surface area contributed by atoms with Crippen LogP contribution in [0, 0.1) is 17.8 Å². The molecule has 0 saturated heterocycles. The summed E-state index contributed by atoms with van der Waals surface area (Å²) in [4.78, 5) is 0. The van der Waals surface area contributed by atoms with Crippen LogP contribution in [0.3, 0.4) is 0 Å². The maximum absolute atomic E-state index is 3.82. The van der Waals surface area contributed by atoms with Crippen LogP contribution in [0.15, 0.2) is 90.7 Å². The number of alkyl halides is 1. The molecule has 3 atom stereocenters. The number of unbranched alkanes of at least 4 members (excludes halogenated alkanes) is 3. The molecule has 0 N–H and O–H groups in total.